The third kappa shape index (κ3) is 6.98. The van der Waals surface area contributed by atoms with Crippen molar-refractivity contribution < 1.29 is 9.90 Å². The van der Waals surface area contributed by atoms with Crippen LogP contribution in [-0.2, 0) is 6.42 Å². The number of benzene rings is 3. The smallest absolute Gasteiger partial charge is 0.252 e. The molecule has 206 valence electrons. The van der Waals surface area contributed by atoms with Gasteiger partial charge in [-0.1, -0.05) is 73.3 Å². The van der Waals surface area contributed by atoms with Gasteiger partial charge in [-0.25, -0.2) is 0 Å². The molecule has 0 spiro atoms. The summed E-state index contributed by atoms with van der Waals surface area (Å²) in [5.74, 6) is 1.42. The Balaban J connectivity index is 1.22. The summed E-state index contributed by atoms with van der Waals surface area (Å²) in [4.78, 5) is 17.9. The molecular formula is C36H40N2O2. The first-order valence-electron chi connectivity index (χ1n) is 14.7. The number of aliphatic hydroxyl groups is 1. The molecule has 0 saturated heterocycles. The van der Waals surface area contributed by atoms with Gasteiger partial charge in [0.1, 0.15) is 0 Å². The molecule has 1 amide bonds. The highest BCUT2D eigenvalue weighted by molar-refractivity contribution is 6.06. The third-order valence-corrected chi connectivity index (χ3v) is 8.29. The molecule has 4 nitrogen and oxygen atoms in total. The number of aryl methyl sites for hydroxylation is 2. The predicted molar refractivity (Wildman–Crippen MR) is 165 cm³/mol. The fraction of sp³-hybridized carbons (Fsp3) is 0.333. The molecule has 40 heavy (non-hydrogen) atoms. The average molecular weight is 533 g/mol. The molecule has 1 aliphatic rings. The van der Waals surface area contributed by atoms with Gasteiger partial charge in [-0.05, 0) is 98.1 Å². The van der Waals surface area contributed by atoms with Gasteiger partial charge in [0.2, 0.25) is 0 Å². The minimum Gasteiger partial charge on any atom is -0.513 e. The number of unbranched alkanes of at least 4 members (excludes halogenated alkanes) is 1. The van der Waals surface area contributed by atoms with Crippen LogP contribution in [0.2, 0.25) is 0 Å². The van der Waals surface area contributed by atoms with Crippen LogP contribution < -0.4 is 5.32 Å². The third-order valence-electron chi connectivity index (χ3n) is 8.29. The number of nitrogens with zero attached hydrogens (tertiary/aromatic N) is 1. The van der Waals surface area contributed by atoms with E-state index >= 15 is 0 Å². The molecular weight excluding hydrogens is 492 g/mol. The zero-order valence-electron chi connectivity index (χ0n) is 23.5. The number of aromatic nitrogens is 1. The first kappa shape index (κ1) is 27.6. The van der Waals surface area contributed by atoms with Gasteiger partial charge in [0.15, 0.2) is 0 Å². The summed E-state index contributed by atoms with van der Waals surface area (Å²) in [6.45, 7) is 6.27. The largest absolute Gasteiger partial charge is 0.513 e. The topological polar surface area (TPSA) is 62.2 Å². The number of carbonyl (C=O) groups excluding carboxylic acids is 1. The first-order valence-corrected chi connectivity index (χ1v) is 14.7. The summed E-state index contributed by atoms with van der Waals surface area (Å²) in [6, 6.07) is 27.5. The Labute approximate surface area is 238 Å². The minimum atomic E-state index is -0.0367. The van der Waals surface area contributed by atoms with E-state index in [1.54, 1.807) is 0 Å². The van der Waals surface area contributed by atoms with Gasteiger partial charge in [-0.15, -0.1) is 0 Å². The zero-order chi connectivity index (χ0) is 27.9. The zero-order valence-corrected chi connectivity index (χ0v) is 23.5. The number of pyridine rings is 1. The maximum absolute atomic E-state index is 13.1. The molecule has 1 fully saturated rings. The van der Waals surface area contributed by atoms with Crippen LogP contribution in [0.4, 0.5) is 0 Å². The Hall–Kier alpha value is -3.92. The van der Waals surface area contributed by atoms with Gasteiger partial charge in [0.25, 0.3) is 5.91 Å². The molecule has 2 N–H and O–H groups in total. The monoisotopic (exact) mass is 532 g/mol. The van der Waals surface area contributed by atoms with Crippen LogP contribution in [0.15, 0.2) is 91.2 Å². The molecule has 0 atom stereocenters. The van der Waals surface area contributed by atoms with Gasteiger partial charge >= 0.3 is 0 Å². The Morgan fingerprint density at radius 2 is 1.65 bits per heavy atom. The summed E-state index contributed by atoms with van der Waals surface area (Å²) in [5, 5.41) is 13.5. The van der Waals surface area contributed by atoms with E-state index in [0.717, 1.165) is 79.1 Å². The Morgan fingerprint density at radius 1 is 0.925 bits per heavy atom. The molecule has 1 aliphatic carbocycles. The first-order chi connectivity index (χ1) is 19.5. The van der Waals surface area contributed by atoms with Crippen molar-refractivity contribution in [3.63, 3.8) is 0 Å². The molecule has 0 unspecified atom stereocenters. The van der Waals surface area contributed by atoms with E-state index < -0.39 is 0 Å². The van der Waals surface area contributed by atoms with Crippen LogP contribution in [-0.4, -0.2) is 22.5 Å². The van der Waals surface area contributed by atoms with E-state index in [1.165, 1.54) is 11.1 Å². The highest BCUT2D eigenvalue weighted by atomic mass is 16.3. The second-order valence-electron chi connectivity index (χ2n) is 11.4. The molecule has 0 radical (unpaired) electrons. The summed E-state index contributed by atoms with van der Waals surface area (Å²) >= 11 is 0. The predicted octanol–water partition coefficient (Wildman–Crippen LogP) is 8.70. The molecule has 0 aliphatic heterocycles. The number of rotatable bonds is 10. The second-order valence-corrected chi connectivity index (χ2v) is 11.4. The van der Waals surface area contributed by atoms with Crippen molar-refractivity contribution in [2.24, 2.45) is 5.92 Å². The fourth-order valence-electron chi connectivity index (χ4n) is 6.11. The van der Waals surface area contributed by atoms with Gasteiger partial charge < -0.3 is 10.4 Å². The number of aliphatic hydroxyl groups excluding tert-OH is 1. The molecule has 1 heterocycles. The molecule has 4 aromatic rings. The maximum atomic E-state index is 13.1. The van der Waals surface area contributed by atoms with Crippen molar-refractivity contribution >= 4 is 16.8 Å². The van der Waals surface area contributed by atoms with Crippen molar-refractivity contribution in [3.05, 3.63) is 114 Å². The molecule has 0 bridgehead atoms. The van der Waals surface area contributed by atoms with Crippen molar-refractivity contribution in [1.82, 2.24) is 10.3 Å². The van der Waals surface area contributed by atoms with Gasteiger partial charge in [0.05, 0.1) is 16.8 Å². The number of carbonyl (C=O) groups is 1. The molecule has 1 aromatic heterocycles. The van der Waals surface area contributed by atoms with E-state index in [2.05, 4.69) is 72.6 Å². The Kier molecular flexibility index (Phi) is 8.95. The quantitative estimate of drug-likeness (QED) is 0.159. The van der Waals surface area contributed by atoms with Crippen LogP contribution in [0.1, 0.15) is 78.0 Å². The number of hydrogen-bond donors (Lipinski definition) is 2. The Morgan fingerprint density at radius 3 is 2.38 bits per heavy atom. The highest BCUT2D eigenvalue weighted by Crippen LogP contribution is 2.38. The van der Waals surface area contributed by atoms with Crippen molar-refractivity contribution in [3.8, 4) is 11.1 Å². The van der Waals surface area contributed by atoms with Gasteiger partial charge in [-0.3, -0.25) is 9.78 Å². The molecule has 4 heteroatoms. The normalized spacial score (nSPS) is 17.0. The number of fused-ring (bicyclic) bond motifs is 1. The summed E-state index contributed by atoms with van der Waals surface area (Å²) in [5.41, 5.74) is 7.37. The van der Waals surface area contributed by atoms with Crippen LogP contribution in [0.5, 0.6) is 0 Å². The molecule has 5 rings (SSSR count). The molecule has 1 saturated carbocycles. The lowest BCUT2D eigenvalue weighted by Crippen LogP contribution is -2.25. The van der Waals surface area contributed by atoms with E-state index in [1.807, 2.05) is 25.1 Å². The van der Waals surface area contributed by atoms with Crippen LogP contribution >= 0.6 is 0 Å². The van der Waals surface area contributed by atoms with E-state index in [-0.39, 0.29) is 5.91 Å². The molecule has 3 aromatic carbocycles. The standard InChI is InChI=1S/C36H40N2O2/c1-25-22-34(36(40)37-21-7-6-10-27-8-4-3-5-9-27)33-20-19-32(24-35(33)38-25)31-17-15-30(16-18-31)29-13-11-28(12-14-29)23-26(2)39/h3-5,8-9,15-20,22,24,28-29,39H,2,6-7,10-14,21,23H2,1H3,(H,37,40). The highest BCUT2D eigenvalue weighted by Gasteiger charge is 2.23. The average Bonchev–Trinajstić information content (AvgIpc) is 2.97. The van der Waals surface area contributed by atoms with Crippen molar-refractivity contribution in [2.45, 2.75) is 64.2 Å². The van der Waals surface area contributed by atoms with Gasteiger partial charge in [-0.2, -0.15) is 0 Å². The lowest BCUT2D eigenvalue weighted by atomic mass is 9.77. The van der Waals surface area contributed by atoms with E-state index in [0.29, 0.717) is 29.7 Å². The number of allylic oxidation sites excluding steroid dienone is 1. The van der Waals surface area contributed by atoms with E-state index in [9.17, 15) is 9.90 Å². The summed E-state index contributed by atoms with van der Waals surface area (Å²) in [6.07, 6.45) is 8.37. The number of nitrogens with one attached hydrogen (secondary N) is 1. The lowest BCUT2D eigenvalue weighted by Gasteiger charge is -2.28. The van der Waals surface area contributed by atoms with Crippen molar-refractivity contribution in [1.29, 1.82) is 0 Å². The van der Waals surface area contributed by atoms with E-state index in [4.69, 9.17) is 4.98 Å². The van der Waals surface area contributed by atoms with Gasteiger partial charge in [0, 0.05) is 24.0 Å². The van der Waals surface area contributed by atoms with Crippen LogP contribution in [0, 0.1) is 12.8 Å². The fourth-order valence-corrected chi connectivity index (χ4v) is 6.11. The van der Waals surface area contributed by atoms with Crippen LogP contribution in [0.25, 0.3) is 22.0 Å². The summed E-state index contributed by atoms with van der Waals surface area (Å²) in [7, 11) is 0. The summed E-state index contributed by atoms with van der Waals surface area (Å²) < 4.78 is 0. The Bertz CT molecular complexity index is 1450. The van der Waals surface area contributed by atoms with Crippen LogP contribution in [0.3, 0.4) is 0 Å². The minimum absolute atomic E-state index is 0.0367. The maximum Gasteiger partial charge on any atom is 0.252 e. The number of hydrogen-bond acceptors (Lipinski definition) is 3. The van der Waals surface area contributed by atoms with Crippen molar-refractivity contribution in [2.75, 3.05) is 6.54 Å². The lowest BCUT2D eigenvalue weighted by molar-refractivity contribution is 0.0954. The second kappa shape index (κ2) is 13.0. The SMILES string of the molecule is C=C(O)CC1CCC(c2ccc(-c3ccc4c(C(=O)NCCCCc5ccccc5)cc(C)nc4c3)cc2)CC1. The number of amides is 1.